The summed E-state index contributed by atoms with van der Waals surface area (Å²) < 4.78 is 0. The van der Waals surface area contributed by atoms with E-state index in [9.17, 15) is 14.4 Å². The van der Waals surface area contributed by atoms with Crippen LogP contribution in [0, 0.1) is 0 Å². The first-order chi connectivity index (χ1) is 13.3. The number of hydrogen-bond donors (Lipinski definition) is 5. The summed E-state index contributed by atoms with van der Waals surface area (Å²) in [5.74, 6) is -2.51. The molecule has 1 saturated heterocycles. The molecule has 2 heterocycles. The Kier molecular flexibility index (Phi) is 7.16. The molecule has 0 spiro atoms. The van der Waals surface area contributed by atoms with Crippen LogP contribution < -0.4 is 11.1 Å². The molecule has 1 aromatic carbocycles. The molecule has 1 unspecified atom stereocenters. The summed E-state index contributed by atoms with van der Waals surface area (Å²) in [6.45, 7) is 1.37. The van der Waals surface area contributed by atoms with E-state index in [4.69, 9.17) is 15.9 Å². The predicted octanol–water partition coefficient (Wildman–Crippen LogP) is 0.947. The first-order valence-corrected chi connectivity index (χ1v) is 8.75. The van der Waals surface area contributed by atoms with Gasteiger partial charge in [0.2, 0.25) is 0 Å². The van der Waals surface area contributed by atoms with Crippen LogP contribution in [-0.2, 0) is 22.4 Å². The van der Waals surface area contributed by atoms with Crippen molar-refractivity contribution in [1.29, 1.82) is 0 Å². The van der Waals surface area contributed by atoms with Crippen LogP contribution in [0.4, 0.5) is 4.79 Å². The number of nitrogens with zero attached hydrogens (tertiary/aromatic N) is 1. The molecule has 9 nitrogen and oxygen atoms in total. The molecule has 28 heavy (non-hydrogen) atoms. The number of urea groups is 1. The quantitative estimate of drug-likeness (QED) is 0.465. The Balaban J connectivity index is 0.000000300. The third kappa shape index (κ3) is 5.58. The van der Waals surface area contributed by atoms with Gasteiger partial charge in [-0.2, -0.15) is 0 Å². The number of amides is 2. The van der Waals surface area contributed by atoms with Crippen LogP contribution in [0.5, 0.6) is 0 Å². The highest BCUT2D eigenvalue weighted by molar-refractivity contribution is 5.89. The molecule has 2 amide bonds. The van der Waals surface area contributed by atoms with Crippen LogP contribution in [0.15, 0.2) is 36.5 Å². The minimum atomic E-state index is -1.26. The number of aliphatic carboxylic acids is 2. The molecule has 0 aliphatic carbocycles. The normalized spacial score (nSPS) is 16.1. The average molecular weight is 388 g/mol. The standard InChI is InChI=1S/C15H20N4O.C4H4O4/c1-19-12(9-18-15(19)20)6-10-2-3-14-13(7-10)11(4-5-16)8-17-14;5-3(6)1-2-4(7)8/h2-3,7-8,12,17H,4-6,9,16H2,1H3,(H,18,20);1-2H,(H,5,6)(H,7,8)/b;2-1-. The van der Waals surface area contributed by atoms with Gasteiger partial charge >= 0.3 is 18.0 Å². The number of carboxylic acid groups (broad SMARTS) is 2. The zero-order valence-electron chi connectivity index (χ0n) is 15.5. The number of benzene rings is 1. The summed E-state index contributed by atoms with van der Waals surface area (Å²) in [7, 11) is 1.85. The number of fused-ring (bicyclic) bond motifs is 1. The average Bonchev–Trinajstić information content (AvgIpc) is 3.19. The maximum absolute atomic E-state index is 11.5. The number of likely N-dealkylation sites (N-methyl/N-ethyl adjacent to an activating group) is 1. The van der Waals surface area contributed by atoms with Crippen LogP contribution in [0.3, 0.4) is 0 Å². The van der Waals surface area contributed by atoms with Crippen LogP contribution in [0.2, 0.25) is 0 Å². The number of rotatable bonds is 6. The van der Waals surface area contributed by atoms with Crippen LogP contribution in [0.25, 0.3) is 10.9 Å². The van der Waals surface area contributed by atoms with Crippen molar-refractivity contribution < 1.29 is 24.6 Å². The predicted molar refractivity (Wildman–Crippen MR) is 104 cm³/mol. The lowest BCUT2D eigenvalue weighted by molar-refractivity contribution is -0.134. The van der Waals surface area contributed by atoms with E-state index in [1.54, 1.807) is 4.90 Å². The zero-order valence-corrected chi connectivity index (χ0v) is 15.5. The summed E-state index contributed by atoms with van der Waals surface area (Å²) in [5.41, 5.74) is 9.31. The van der Waals surface area contributed by atoms with E-state index >= 15 is 0 Å². The fourth-order valence-electron chi connectivity index (χ4n) is 2.97. The highest BCUT2D eigenvalue weighted by Gasteiger charge is 2.27. The molecular weight excluding hydrogens is 364 g/mol. The van der Waals surface area contributed by atoms with Crippen molar-refractivity contribution >= 4 is 28.9 Å². The SMILES string of the molecule is CN1C(=O)NCC1Cc1ccc2[nH]cc(CCN)c2c1.O=C(O)/C=C\C(=O)O. The number of nitrogens with two attached hydrogens (primary N) is 1. The molecule has 1 aliphatic rings. The van der Waals surface area contributed by atoms with Gasteiger partial charge in [0.15, 0.2) is 0 Å². The van der Waals surface area contributed by atoms with Gasteiger partial charge in [0.1, 0.15) is 0 Å². The Morgan fingerprint density at radius 3 is 2.50 bits per heavy atom. The van der Waals surface area contributed by atoms with E-state index in [-0.39, 0.29) is 12.1 Å². The van der Waals surface area contributed by atoms with Crippen molar-refractivity contribution in [2.45, 2.75) is 18.9 Å². The van der Waals surface area contributed by atoms with Gasteiger partial charge in [-0.3, -0.25) is 0 Å². The smallest absolute Gasteiger partial charge is 0.328 e. The highest BCUT2D eigenvalue weighted by atomic mass is 16.4. The Morgan fingerprint density at radius 2 is 1.96 bits per heavy atom. The molecule has 9 heteroatoms. The number of aromatic nitrogens is 1. The van der Waals surface area contributed by atoms with E-state index < -0.39 is 11.9 Å². The molecule has 150 valence electrons. The van der Waals surface area contributed by atoms with Gasteiger partial charge in [0.25, 0.3) is 0 Å². The molecule has 1 atom stereocenters. The van der Waals surface area contributed by atoms with Gasteiger partial charge in [-0.1, -0.05) is 6.07 Å². The van der Waals surface area contributed by atoms with Crippen molar-refractivity contribution in [3.05, 3.63) is 47.7 Å². The lowest BCUT2D eigenvalue weighted by Crippen LogP contribution is -2.31. The van der Waals surface area contributed by atoms with E-state index in [1.807, 2.05) is 13.2 Å². The summed E-state index contributed by atoms with van der Waals surface area (Å²) in [6.07, 6.45) is 4.91. The van der Waals surface area contributed by atoms with Gasteiger partial charge < -0.3 is 31.1 Å². The van der Waals surface area contributed by atoms with Crippen LogP contribution in [0.1, 0.15) is 11.1 Å². The molecule has 1 fully saturated rings. The summed E-state index contributed by atoms with van der Waals surface area (Å²) in [5, 5.41) is 19.7. The molecule has 1 aliphatic heterocycles. The second-order valence-corrected chi connectivity index (χ2v) is 6.40. The fraction of sp³-hybridized carbons (Fsp3) is 0.316. The van der Waals surface area contributed by atoms with Crippen molar-refractivity contribution in [3.63, 3.8) is 0 Å². The van der Waals surface area contributed by atoms with Gasteiger partial charge in [0.05, 0.1) is 6.04 Å². The molecule has 6 N–H and O–H groups in total. The third-order valence-corrected chi connectivity index (χ3v) is 4.44. The second-order valence-electron chi connectivity index (χ2n) is 6.40. The van der Waals surface area contributed by atoms with E-state index in [1.165, 1.54) is 16.5 Å². The first-order valence-electron chi connectivity index (χ1n) is 8.75. The zero-order chi connectivity index (χ0) is 20.7. The lowest BCUT2D eigenvalue weighted by Gasteiger charge is -2.17. The molecule has 0 bridgehead atoms. The van der Waals surface area contributed by atoms with E-state index in [0.717, 1.165) is 24.9 Å². The Hall–Kier alpha value is -3.33. The van der Waals surface area contributed by atoms with Crippen molar-refractivity contribution in [3.8, 4) is 0 Å². The maximum Gasteiger partial charge on any atom is 0.328 e. The first kappa shape index (κ1) is 21.0. The number of aromatic amines is 1. The van der Waals surface area contributed by atoms with Gasteiger partial charge in [-0.15, -0.1) is 0 Å². The number of H-pyrrole nitrogens is 1. The van der Waals surface area contributed by atoms with Gasteiger partial charge in [-0.25, -0.2) is 14.4 Å². The third-order valence-electron chi connectivity index (χ3n) is 4.44. The molecular formula is C19H24N4O5. The summed E-state index contributed by atoms with van der Waals surface area (Å²) in [4.78, 5) is 35.6. The molecule has 1 aromatic heterocycles. The molecule has 0 radical (unpaired) electrons. The second kappa shape index (κ2) is 9.56. The Labute approximate surface area is 161 Å². The van der Waals surface area contributed by atoms with Gasteiger partial charge in [0, 0.05) is 42.8 Å². The largest absolute Gasteiger partial charge is 0.478 e. The maximum atomic E-state index is 11.5. The molecule has 3 rings (SSSR count). The minimum absolute atomic E-state index is 0.0153. The minimum Gasteiger partial charge on any atom is -0.478 e. The van der Waals surface area contributed by atoms with Crippen LogP contribution >= 0.6 is 0 Å². The van der Waals surface area contributed by atoms with Crippen LogP contribution in [-0.4, -0.2) is 64.2 Å². The fourth-order valence-corrected chi connectivity index (χ4v) is 2.97. The summed E-state index contributed by atoms with van der Waals surface area (Å²) >= 11 is 0. The molecule has 2 aromatic rings. The number of carbonyl (C=O) groups is 3. The van der Waals surface area contributed by atoms with E-state index in [0.29, 0.717) is 18.7 Å². The van der Waals surface area contributed by atoms with Gasteiger partial charge in [-0.05, 0) is 42.6 Å². The van der Waals surface area contributed by atoms with Crippen molar-refractivity contribution in [2.24, 2.45) is 5.73 Å². The van der Waals surface area contributed by atoms with Crippen molar-refractivity contribution in [1.82, 2.24) is 15.2 Å². The highest BCUT2D eigenvalue weighted by Crippen LogP contribution is 2.22. The van der Waals surface area contributed by atoms with Crippen molar-refractivity contribution in [2.75, 3.05) is 20.1 Å². The Bertz CT molecular complexity index is 874. The molecule has 0 saturated carbocycles. The topological polar surface area (TPSA) is 149 Å². The van der Waals surface area contributed by atoms with E-state index in [2.05, 4.69) is 28.5 Å². The number of nitrogens with one attached hydrogen (secondary N) is 2. The number of carbonyl (C=O) groups excluding carboxylic acids is 1. The summed E-state index contributed by atoms with van der Waals surface area (Å²) in [6, 6.07) is 6.70. The number of hydrogen-bond acceptors (Lipinski definition) is 4. The Morgan fingerprint density at radius 1 is 1.29 bits per heavy atom. The monoisotopic (exact) mass is 388 g/mol. The number of carboxylic acids is 2. The lowest BCUT2D eigenvalue weighted by atomic mass is 10.0.